The van der Waals surface area contributed by atoms with Crippen LogP contribution in [0.2, 0.25) is 0 Å². The Hall–Kier alpha value is -7.57. The molecule has 0 saturated carbocycles. The standard InChI is InChI=1S/C49H31N5O/c1-3-11-36(12-4-1)47-52-48(37-13-5-2-6-14-37)54-49(53-47)38-25-26-40-42-30-39(32-17-21-34(22-18-32)43-15-7-9-27-50-43)29-41(46(42)55-45(40)31-38)33-19-23-35(24-20-33)44-16-8-10-28-51-44/h1-31H. The Labute approximate surface area is 317 Å². The van der Waals surface area contributed by atoms with Gasteiger partial charge in [0.2, 0.25) is 0 Å². The first kappa shape index (κ1) is 32.1. The molecule has 0 spiro atoms. The molecule has 10 rings (SSSR count). The lowest BCUT2D eigenvalue weighted by molar-refractivity contribution is 0.670. The van der Waals surface area contributed by atoms with Crippen LogP contribution in [0.4, 0.5) is 0 Å². The molecule has 4 aromatic heterocycles. The van der Waals surface area contributed by atoms with Crippen molar-refractivity contribution in [2.75, 3.05) is 0 Å². The van der Waals surface area contributed by atoms with Crippen LogP contribution >= 0.6 is 0 Å². The maximum Gasteiger partial charge on any atom is 0.164 e. The number of pyridine rings is 2. The lowest BCUT2D eigenvalue weighted by Crippen LogP contribution is -2.00. The van der Waals surface area contributed by atoms with Gasteiger partial charge in [-0.05, 0) is 65.2 Å². The van der Waals surface area contributed by atoms with Gasteiger partial charge in [-0.1, -0.05) is 127 Å². The van der Waals surface area contributed by atoms with E-state index in [0.29, 0.717) is 17.5 Å². The fourth-order valence-corrected chi connectivity index (χ4v) is 7.06. The Morgan fingerprint density at radius 2 is 0.818 bits per heavy atom. The molecule has 10 aromatic rings. The molecule has 6 aromatic carbocycles. The first-order valence-electron chi connectivity index (χ1n) is 18.1. The monoisotopic (exact) mass is 705 g/mol. The molecule has 0 atom stereocenters. The number of rotatable bonds is 7. The summed E-state index contributed by atoms with van der Waals surface area (Å²) in [4.78, 5) is 23.9. The van der Waals surface area contributed by atoms with Crippen LogP contribution in [0.3, 0.4) is 0 Å². The van der Waals surface area contributed by atoms with Gasteiger partial charge in [0.05, 0.1) is 11.4 Å². The van der Waals surface area contributed by atoms with Gasteiger partial charge >= 0.3 is 0 Å². The van der Waals surface area contributed by atoms with Crippen LogP contribution in [0.5, 0.6) is 0 Å². The molecule has 6 heteroatoms. The van der Waals surface area contributed by atoms with Gasteiger partial charge in [-0.15, -0.1) is 0 Å². The first-order valence-corrected chi connectivity index (χ1v) is 18.1. The van der Waals surface area contributed by atoms with Gasteiger partial charge in [0.1, 0.15) is 11.2 Å². The van der Waals surface area contributed by atoms with Gasteiger partial charge in [-0.2, -0.15) is 0 Å². The average molecular weight is 706 g/mol. The van der Waals surface area contributed by atoms with Crippen molar-refractivity contribution in [2.45, 2.75) is 0 Å². The summed E-state index contributed by atoms with van der Waals surface area (Å²) >= 11 is 0. The molecule has 0 unspecified atom stereocenters. The van der Waals surface area contributed by atoms with E-state index < -0.39 is 0 Å². The van der Waals surface area contributed by atoms with Crippen molar-refractivity contribution in [3.63, 3.8) is 0 Å². The first-order chi connectivity index (χ1) is 27.2. The Bertz CT molecular complexity index is 2870. The zero-order chi connectivity index (χ0) is 36.6. The van der Waals surface area contributed by atoms with Crippen LogP contribution in [0.1, 0.15) is 0 Å². The van der Waals surface area contributed by atoms with Gasteiger partial charge in [0.25, 0.3) is 0 Å². The lowest BCUT2D eigenvalue weighted by atomic mass is 9.94. The normalized spacial score (nSPS) is 11.3. The fourth-order valence-electron chi connectivity index (χ4n) is 7.06. The van der Waals surface area contributed by atoms with Crippen molar-refractivity contribution in [1.29, 1.82) is 0 Å². The molecule has 6 nitrogen and oxygen atoms in total. The third-order valence-corrected chi connectivity index (χ3v) is 9.87. The quantitative estimate of drug-likeness (QED) is 0.164. The van der Waals surface area contributed by atoms with Gasteiger partial charge < -0.3 is 4.42 Å². The van der Waals surface area contributed by atoms with Crippen molar-refractivity contribution in [2.24, 2.45) is 0 Å². The Morgan fingerprint density at radius 1 is 0.327 bits per heavy atom. The summed E-state index contributed by atoms with van der Waals surface area (Å²) in [5, 5.41) is 2.04. The molecule has 0 aliphatic rings. The van der Waals surface area contributed by atoms with Crippen LogP contribution in [0.25, 0.3) is 101 Å². The maximum atomic E-state index is 6.82. The van der Waals surface area contributed by atoms with Crippen LogP contribution in [-0.2, 0) is 0 Å². The Kier molecular flexibility index (Phi) is 8.04. The predicted octanol–water partition coefficient (Wildman–Crippen LogP) is 12.2. The summed E-state index contributed by atoms with van der Waals surface area (Å²) in [7, 11) is 0. The van der Waals surface area contributed by atoms with E-state index in [1.165, 1.54) is 0 Å². The van der Waals surface area contributed by atoms with E-state index >= 15 is 0 Å². The molecule has 0 amide bonds. The molecule has 0 fully saturated rings. The summed E-state index contributed by atoms with van der Waals surface area (Å²) in [5.41, 5.74) is 12.5. The number of fused-ring (bicyclic) bond motifs is 3. The summed E-state index contributed by atoms with van der Waals surface area (Å²) in [6.07, 6.45) is 3.64. The van der Waals surface area contributed by atoms with Crippen molar-refractivity contribution in [1.82, 2.24) is 24.9 Å². The average Bonchev–Trinajstić information content (AvgIpc) is 3.65. The van der Waals surface area contributed by atoms with Crippen molar-refractivity contribution >= 4 is 21.9 Å². The van der Waals surface area contributed by atoms with E-state index in [4.69, 9.17) is 19.4 Å². The molecular formula is C49H31N5O. The topological polar surface area (TPSA) is 77.6 Å². The second-order valence-corrected chi connectivity index (χ2v) is 13.3. The highest BCUT2D eigenvalue weighted by Gasteiger charge is 2.18. The summed E-state index contributed by atoms with van der Waals surface area (Å²) in [5.74, 6) is 1.81. The van der Waals surface area contributed by atoms with Crippen LogP contribution in [-0.4, -0.2) is 24.9 Å². The van der Waals surface area contributed by atoms with Crippen LogP contribution in [0.15, 0.2) is 193 Å². The zero-order valence-corrected chi connectivity index (χ0v) is 29.5. The second-order valence-electron chi connectivity index (χ2n) is 13.3. The largest absolute Gasteiger partial charge is 0.455 e. The zero-order valence-electron chi connectivity index (χ0n) is 29.5. The minimum absolute atomic E-state index is 0.578. The number of hydrogen-bond acceptors (Lipinski definition) is 6. The van der Waals surface area contributed by atoms with E-state index in [2.05, 4.69) is 82.8 Å². The molecule has 0 aliphatic carbocycles. The molecule has 0 bridgehead atoms. The maximum absolute atomic E-state index is 6.82. The smallest absolute Gasteiger partial charge is 0.164 e. The number of benzene rings is 6. The van der Waals surface area contributed by atoms with Gasteiger partial charge in [-0.25, -0.2) is 15.0 Å². The highest BCUT2D eigenvalue weighted by molar-refractivity contribution is 6.12. The number of nitrogens with zero attached hydrogens (tertiary/aromatic N) is 5. The van der Waals surface area contributed by atoms with Crippen LogP contribution in [0, 0.1) is 0 Å². The molecule has 0 radical (unpaired) electrons. The second kappa shape index (κ2) is 13.8. The van der Waals surface area contributed by atoms with Gasteiger partial charge in [-0.3, -0.25) is 9.97 Å². The van der Waals surface area contributed by atoms with E-state index in [0.717, 1.165) is 83.4 Å². The molecule has 0 saturated heterocycles. The van der Waals surface area contributed by atoms with E-state index in [-0.39, 0.29) is 0 Å². The third kappa shape index (κ3) is 6.22. The van der Waals surface area contributed by atoms with Crippen molar-refractivity contribution in [3.05, 3.63) is 188 Å². The molecule has 0 N–H and O–H groups in total. The van der Waals surface area contributed by atoms with E-state index in [1.807, 2.05) is 116 Å². The molecule has 4 heterocycles. The Balaban J connectivity index is 1.12. The highest BCUT2D eigenvalue weighted by Crippen LogP contribution is 2.41. The van der Waals surface area contributed by atoms with E-state index in [9.17, 15) is 0 Å². The van der Waals surface area contributed by atoms with Gasteiger partial charge in [0.15, 0.2) is 17.5 Å². The molecule has 55 heavy (non-hydrogen) atoms. The fraction of sp³-hybridized carbons (Fsp3) is 0. The number of hydrogen-bond donors (Lipinski definition) is 0. The van der Waals surface area contributed by atoms with E-state index in [1.54, 1.807) is 0 Å². The molecule has 0 aliphatic heterocycles. The third-order valence-electron chi connectivity index (χ3n) is 9.87. The SMILES string of the molecule is c1ccc(-c2nc(-c3ccccc3)nc(-c3ccc4c(c3)oc3c(-c5ccc(-c6ccccn6)cc5)cc(-c5ccc(-c6ccccn6)cc5)cc34)n2)cc1. The molecule has 258 valence electrons. The summed E-state index contributed by atoms with van der Waals surface area (Å²) in [6, 6.07) is 59.8. The predicted molar refractivity (Wildman–Crippen MR) is 221 cm³/mol. The Morgan fingerprint density at radius 3 is 1.36 bits per heavy atom. The molecular weight excluding hydrogens is 675 g/mol. The van der Waals surface area contributed by atoms with Gasteiger partial charge in [0, 0.05) is 56.5 Å². The minimum atomic E-state index is 0.578. The minimum Gasteiger partial charge on any atom is -0.455 e. The number of furan rings is 1. The van der Waals surface area contributed by atoms with Crippen LogP contribution < -0.4 is 0 Å². The van der Waals surface area contributed by atoms with Crippen molar-refractivity contribution < 1.29 is 4.42 Å². The van der Waals surface area contributed by atoms with Crippen molar-refractivity contribution in [3.8, 4) is 78.9 Å². The lowest BCUT2D eigenvalue weighted by Gasteiger charge is -2.10. The number of aromatic nitrogens is 5. The highest BCUT2D eigenvalue weighted by atomic mass is 16.3. The summed E-state index contributed by atoms with van der Waals surface area (Å²) in [6.45, 7) is 0. The summed E-state index contributed by atoms with van der Waals surface area (Å²) < 4.78 is 6.82.